The number of benzene rings is 1. The number of nitrogen functional groups attached to an aromatic ring is 1. The van der Waals surface area contributed by atoms with Crippen LogP contribution in [-0.4, -0.2) is 4.98 Å². The number of hydrogen-bond donors (Lipinski definition) is 2. The summed E-state index contributed by atoms with van der Waals surface area (Å²) in [6.45, 7) is 4.18. The quantitative estimate of drug-likeness (QED) is 0.818. The summed E-state index contributed by atoms with van der Waals surface area (Å²) in [5, 5.41) is 4.62. The van der Waals surface area contributed by atoms with Gasteiger partial charge in [0, 0.05) is 10.6 Å². The second-order valence-corrected chi connectivity index (χ2v) is 6.41. The Balaban J connectivity index is 1.87. The number of nitrogens with one attached hydrogen (secondary N) is 1. The molecule has 19 heavy (non-hydrogen) atoms. The maximum Gasteiger partial charge on any atom is 0.183 e. The van der Waals surface area contributed by atoms with E-state index in [2.05, 4.69) is 36.3 Å². The van der Waals surface area contributed by atoms with Crippen molar-refractivity contribution in [1.29, 1.82) is 0 Å². The predicted octanol–water partition coefficient (Wildman–Crippen LogP) is 3.83. The molecule has 0 bridgehead atoms. The molecule has 100 valence electrons. The van der Waals surface area contributed by atoms with Gasteiger partial charge in [-0.2, -0.15) is 0 Å². The first-order valence-corrected chi connectivity index (χ1v) is 7.54. The molecule has 1 aromatic carbocycles. The predicted molar refractivity (Wildman–Crippen MR) is 81.7 cm³/mol. The molecule has 0 saturated carbocycles. The van der Waals surface area contributed by atoms with Crippen LogP contribution in [0.15, 0.2) is 18.2 Å². The second-order valence-electron chi connectivity index (χ2n) is 5.21. The molecule has 0 radical (unpaired) electrons. The van der Waals surface area contributed by atoms with Gasteiger partial charge in [0.05, 0.1) is 11.7 Å². The summed E-state index contributed by atoms with van der Waals surface area (Å²) in [4.78, 5) is 5.87. The topological polar surface area (TPSA) is 50.9 Å². The Bertz CT molecular complexity index is 584. The zero-order valence-electron chi connectivity index (χ0n) is 11.4. The summed E-state index contributed by atoms with van der Waals surface area (Å²) in [7, 11) is 0. The number of anilines is 2. The highest BCUT2D eigenvalue weighted by atomic mass is 32.1. The van der Waals surface area contributed by atoms with Crippen LogP contribution < -0.4 is 11.1 Å². The molecule has 3 N–H and O–H groups in total. The van der Waals surface area contributed by atoms with Gasteiger partial charge in [-0.1, -0.05) is 6.07 Å². The number of thiazole rings is 1. The molecule has 4 heteroatoms. The van der Waals surface area contributed by atoms with E-state index in [4.69, 9.17) is 5.73 Å². The van der Waals surface area contributed by atoms with E-state index in [9.17, 15) is 0 Å². The zero-order valence-corrected chi connectivity index (χ0v) is 12.2. The summed E-state index contributed by atoms with van der Waals surface area (Å²) in [5.41, 5.74) is 10.6. The van der Waals surface area contributed by atoms with Crippen LogP contribution in [-0.2, 0) is 6.42 Å². The van der Waals surface area contributed by atoms with Crippen molar-refractivity contribution in [3.8, 4) is 0 Å². The van der Waals surface area contributed by atoms with Gasteiger partial charge in [-0.25, -0.2) is 4.98 Å². The lowest BCUT2D eigenvalue weighted by molar-refractivity contribution is 0.600. The highest BCUT2D eigenvalue weighted by Crippen LogP contribution is 2.34. The third-order valence-corrected chi connectivity index (χ3v) is 4.81. The van der Waals surface area contributed by atoms with Crippen molar-refractivity contribution in [3.05, 3.63) is 39.9 Å². The lowest BCUT2D eigenvalue weighted by atomic mass is 9.87. The van der Waals surface area contributed by atoms with Crippen molar-refractivity contribution in [1.82, 2.24) is 4.98 Å². The molecule has 1 heterocycles. The van der Waals surface area contributed by atoms with Gasteiger partial charge in [0.1, 0.15) is 0 Å². The molecule has 2 aromatic rings. The molecule has 1 aromatic heterocycles. The molecule has 0 saturated heterocycles. The van der Waals surface area contributed by atoms with Crippen LogP contribution in [0.3, 0.4) is 0 Å². The fraction of sp³-hybridized carbons (Fsp3) is 0.400. The van der Waals surface area contributed by atoms with E-state index < -0.39 is 0 Å². The number of hydrogen-bond acceptors (Lipinski definition) is 4. The van der Waals surface area contributed by atoms with Crippen molar-refractivity contribution in [2.75, 3.05) is 11.1 Å². The SMILES string of the molecule is Cc1nc(NC2CCCc3cc(N)ccc32)sc1C. The van der Waals surface area contributed by atoms with Gasteiger partial charge in [-0.15, -0.1) is 11.3 Å². The molecule has 1 aliphatic carbocycles. The van der Waals surface area contributed by atoms with Gasteiger partial charge in [0.2, 0.25) is 0 Å². The lowest BCUT2D eigenvalue weighted by Crippen LogP contribution is -2.17. The van der Waals surface area contributed by atoms with E-state index in [-0.39, 0.29) is 0 Å². The van der Waals surface area contributed by atoms with E-state index in [0.717, 1.165) is 29.4 Å². The van der Waals surface area contributed by atoms with Gasteiger partial charge >= 0.3 is 0 Å². The average molecular weight is 273 g/mol. The fourth-order valence-corrected chi connectivity index (χ4v) is 3.53. The Hall–Kier alpha value is -1.55. The summed E-state index contributed by atoms with van der Waals surface area (Å²) >= 11 is 1.74. The number of nitrogens with two attached hydrogens (primary N) is 1. The molecule has 1 aliphatic rings. The molecule has 3 rings (SSSR count). The maximum absolute atomic E-state index is 5.87. The highest BCUT2D eigenvalue weighted by molar-refractivity contribution is 7.15. The van der Waals surface area contributed by atoms with Crippen molar-refractivity contribution < 1.29 is 0 Å². The van der Waals surface area contributed by atoms with E-state index in [0.29, 0.717) is 6.04 Å². The molecule has 0 spiro atoms. The number of fused-ring (bicyclic) bond motifs is 1. The van der Waals surface area contributed by atoms with Crippen LogP contribution in [0.5, 0.6) is 0 Å². The summed E-state index contributed by atoms with van der Waals surface area (Å²) in [6.07, 6.45) is 3.50. The van der Waals surface area contributed by atoms with E-state index in [1.54, 1.807) is 11.3 Å². The Labute approximate surface area is 117 Å². The van der Waals surface area contributed by atoms with Gasteiger partial charge in [-0.3, -0.25) is 0 Å². The number of rotatable bonds is 2. The number of aromatic nitrogens is 1. The normalized spacial score (nSPS) is 18.1. The molecule has 0 fully saturated rings. The Kier molecular flexibility index (Phi) is 3.19. The first-order chi connectivity index (χ1) is 9.13. The summed E-state index contributed by atoms with van der Waals surface area (Å²) in [6, 6.07) is 6.64. The Morgan fingerprint density at radius 3 is 2.95 bits per heavy atom. The van der Waals surface area contributed by atoms with E-state index in [1.165, 1.54) is 22.4 Å². The smallest absolute Gasteiger partial charge is 0.183 e. The third-order valence-electron chi connectivity index (χ3n) is 3.81. The van der Waals surface area contributed by atoms with Crippen LogP contribution in [0.4, 0.5) is 10.8 Å². The lowest BCUT2D eigenvalue weighted by Gasteiger charge is -2.26. The van der Waals surface area contributed by atoms with E-state index in [1.807, 2.05) is 6.07 Å². The molecule has 0 aliphatic heterocycles. The van der Waals surface area contributed by atoms with Crippen LogP contribution in [0.25, 0.3) is 0 Å². The minimum absolute atomic E-state index is 0.370. The standard InChI is InChI=1S/C15H19N3S/c1-9-10(2)19-15(17-9)18-14-5-3-4-11-8-12(16)6-7-13(11)14/h6-8,14H,3-5,16H2,1-2H3,(H,17,18). The molecule has 1 unspecified atom stereocenters. The highest BCUT2D eigenvalue weighted by Gasteiger charge is 2.21. The largest absolute Gasteiger partial charge is 0.399 e. The summed E-state index contributed by atoms with van der Waals surface area (Å²) < 4.78 is 0. The number of aryl methyl sites for hydroxylation is 3. The number of nitrogens with zero attached hydrogens (tertiary/aromatic N) is 1. The average Bonchev–Trinajstić information content (AvgIpc) is 2.68. The van der Waals surface area contributed by atoms with Gasteiger partial charge in [0.15, 0.2) is 5.13 Å². The van der Waals surface area contributed by atoms with Crippen molar-refractivity contribution in [3.63, 3.8) is 0 Å². The van der Waals surface area contributed by atoms with Crippen LogP contribution in [0.2, 0.25) is 0 Å². The van der Waals surface area contributed by atoms with Gasteiger partial charge in [-0.05, 0) is 56.4 Å². The Morgan fingerprint density at radius 2 is 2.21 bits per heavy atom. The second kappa shape index (κ2) is 4.85. The van der Waals surface area contributed by atoms with E-state index >= 15 is 0 Å². The van der Waals surface area contributed by atoms with Gasteiger partial charge < -0.3 is 11.1 Å². The molecular formula is C15H19N3S. The van der Waals surface area contributed by atoms with Crippen molar-refractivity contribution in [2.45, 2.75) is 39.2 Å². The molecule has 0 amide bonds. The first kappa shape index (κ1) is 12.5. The Morgan fingerprint density at radius 1 is 1.37 bits per heavy atom. The van der Waals surface area contributed by atoms with Crippen LogP contribution in [0, 0.1) is 13.8 Å². The molecular weight excluding hydrogens is 254 g/mol. The third kappa shape index (κ3) is 2.45. The first-order valence-electron chi connectivity index (χ1n) is 6.72. The monoisotopic (exact) mass is 273 g/mol. The van der Waals surface area contributed by atoms with Crippen molar-refractivity contribution in [2.24, 2.45) is 0 Å². The zero-order chi connectivity index (χ0) is 13.4. The van der Waals surface area contributed by atoms with Gasteiger partial charge in [0.25, 0.3) is 0 Å². The van der Waals surface area contributed by atoms with Crippen LogP contribution in [0.1, 0.15) is 40.6 Å². The minimum Gasteiger partial charge on any atom is -0.399 e. The fourth-order valence-electron chi connectivity index (χ4n) is 2.67. The maximum atomic E-state index is 5.87. The molecule has 1 atom stereocenters. The minimum atomic E-state index is 0.370. The summed E-state index contributed by atoms with van der Waals surface area (Å²) in [5.74, 6) is 0. The van der Waals surface area contributed by atoms with Crippen molar-refractivity contribution >= 4 is 22.2 Å². The molecule has 3 nitrogen and oxygen atoms in total. The van der Waals surface area contributed by atoms with Crippen LogP contribution >= 0.6 is 11.3 Å².